The maximum Gasteiger partial charge on any atom is 0.393 e. The third-order valence-corrected chi connectivity index (χ3v) is 24.4. The summed E-state index contributed by atoms with van der Waals surface area (Å²) >= 11 is 6.45. The van der Waals surface area contributed by atoms with Crippen LogP contribution in [-0.2, 0) is 57.5 Å². The molecule has 0 aromatic rings. The first kappa shape index (κ1) is 82.7. The minimum Gasteiger partial charge on any atom is -0.347 e. The largest absolute Gasteiger partial charge is 0.393 e. The maximum absolute atomic E-state index is 15.5. The molecule has 12 amide bonds. The topological polar surface area (TPSA) is 270 Å². The number of carbonyl (C=O) groups is 12. The molecule has 28 heteroatoms. The van der Waals surface area contributed by atoms with Crippen molar-refractivity contribution >= 4 is 82.5 Å². The van der Waals surface area contributed by atoms with Crippen molar-refractivity contribution in [1.82, 2.24) is 60.0 Å². The molecular formula is C74H118ClF3N12O12. The summed E-state index contributed by atoms with van der Waals surface area (Å²) in [5.41, 5.74) is -1.54. The van der Waals surface area contributed by atoms with Crippen LogP contribution in [0.25, 0.3) is 0 Å². The van der Waals surface area contributed by atoms with E-state index in [0.717, 1.165) is 38.5 Å². The number of likely N-dealkylation sites (N-methyl/N-ethyl adjacent to an activating group) is 7. The van der Waals surface area contributed by atoms with Gasteiger partial charge in [-0.25, -0.2) is 0 Å². The maximum atomic E-state index is 15.5. The van der Waals surface area contributed by atoms with Gasteiger partial charge in [0, 0.05) is 74.8 Å². The fraction of sp³-hybridized carbons (Fsp3) is 0.811. The Kier molecular flexibility index (Phi) is 29.6. The molecule has 0 aromatic heterocycles. The molecule has 0 aromatic carbocycles. The van der Waals surface area contributed by atoms with E-state index in [4.69, 9.17) is 11.6 Å². The zero-order valence-electron chi connectivity index (χ0n) is 62.8. The Labute approximate surface area is 607 Å². The predicted molar refractivity (Wildman–Crippen MR) is 379 cm³/mol. The molecule has 24 nitrogen and oxygen atoms in total. The van der Waals surface area contributed by atoms with Gasteiger partial charge in [-0.05, 0) is 132 Å². The van der Waals surface area contributed by atoms with E-state index in [1.165, 1.54) is 100 Å². The standard InChI is InChI=1S/C74H118ClF3N12O12/c1-14-23-54-64(94)80-62(46(5)15-2)70(100)84(9)44-61(93)86(11)55-26-18-17-21-37-89(69(55)99)58(40-49-29-27-45(4)28-30-49)68(98)83(8)43-59(91)79-53(34-32-48-31-33-51(52(75)38-48)74(76,77)78)66(96)90-42-47(16-3)39-56(90)65(95)81-73(35-22-36-73)72(102)88(13)63(50-24-19-20-25-50)71(101)87(12)57(67(97)82(6)7)41-60(92)85(54)10/h17-18,45-58,62-63H,14-16,19-44H2,1-13H3,(H,79,91)(H,80,94)(H,81,95)/b18-17-/t45?,46-,47+,48?,49?,51?,52?,53-,54-,55-,56-,57-,58-,62-,63-/m0/s1. The van der Waals surface area contributed by atoms with E-state index >= 15 is 28.8 Å². The highest BCUT2D eigenvalue weighted by Crippen LogP contribution is 2.44. The third-order valence-electron chi connectivity index (χ3n) is 23.9. The summed E-state index contributed by atoms with van der Waals surface area (Å²) in [6.07, 6.45) is 7.76. The second kappa shape index (κ2) is 36.4. The minimum atomic E-state index is -4.51. The van der Waals surface area contributed by atoms with Crippen molar-refractivity contribution in [2.24, 2.45) is 41.4 Å². The van der Waals surface area contributed by atoms with Gasteiger partial charge >= 0.3 is 6.18 Å². The lowest BCUT2D eigenvalue weighted by Gasteiger charge is -2.46. The molecule has 2 saturated heterocycles. The number of rotatable bonds is 12. The van der Waals surface area contributed by atoms with Crippen LogP contribution in [0.15, 0.2) is 12.2 Å². The van der Waals surface area contributed by atoms with Crippen LogP contribution < -0.4 is 16.0 Å². The second-order valence-electron chi connectivity index (χ2n) is 31.3. The average Bonchev–Trinajstić information content (AvgIpc) is 1.26. The lowest BCUT2D eigenvalue weighted by atomic mass is 9.74. The molecule has 3 aliphatic heterocycles. The van der Waals surface area contributed by atoms with E-state index in [1.54, 1.807) is 13.0 Å². The van der Waals surface area contributed by atoms with Crippen LogP contribution in [0.1, 0.15) is 195 Å². The number of amides is 12. The highest BCUT2D eigenvalue weighted by molar-refractivity contribution is 6.21. The van der Waals surface area contributed by atoms with Gasteiger partial charge in [0.1, 0.15) is 53.9 Å². The number of fused-ring (bicyclic) bond motifs is 3. The summed E-state index contributed by atoms with van der Waals surface area (Å²) in [6.45, 7) is 8.55. The Hall–Kier alpha value is -6.54. The van der Waals surface area contributed by atoms with Crippen molar-refractivity contribution in [2.45, 2.75) is 261 Å². The van der Waals surface area contributed by atoms with Crippen LogP contribution in [0.4, 0.5) is 13.2 Å². The molecule has 1 spiro atoms. The Morgan fingerprint density at radius 2 is 1.30 bits per heavy atom. The van der Waals surface area contributed by atoms with Gasteiger partial charge in [-0.15, -0.1) is 11.6 Å². The lowest BCUT2D eigenvalue weighted by Crippen LogP contribution is -2.68. The van der Waals surface area contributed by atoms with Crippen LogP contribution in [0.3, 0.4) is 0 Å². The third kappa shape index (κ3) is 19.9. The fourth-order valence-corrected chi connectivity index (χ4v) is 17.2. The monoisotopic (exact) mass is 1460 g/mol. The molecule has 13 atom stereocenters. The second-order valence-corrected chi connectivity index (χ2v) is 31.8. The zero-order chi connectivity index (χ0) is 75.4. The molecule has 3 heterocycles. The first-order chi connectivity index (χ1) is 48.1. The first-order valence-corrected chi connectivity index (χ1v) is 38.2. The van der Waals surface area contributed by atoms with Crippen LogP contribution in [0.2, 0.25) is 0 Å². The SMILES string of the molecule is CCC[C@H]1C(=O)N[C@@H]([C@@H](C)CC)C(=O)N(C)CC(=O)N(C)[C@H]2C/C=C\CCN(C2=O)[C@@H](CC2CCC(C)CC2)C(=O)N(C)CC(=O)N[C@@H](CCC2CCC(C(F)(F)F)C(Cl)C2)C(=O)N2C[C@H](CC)C[C@H]2C(=O)NC2(CCC2)C(=O)N(C)[C@@H](C2CCCC2)C(=O)N(C)[C@H](C(=O)N(C)C)CC(=O)N1C. The molecule has 4 saturated carbocycles. The summed E-state index contributed by atoms with van der Waals surface area (Å²) < 4.78 is 42.3. The van der Waals surface area contributed by atoms with Gasteiger partial charge in [-0.1, -0.05) is 105 Å². The Morgan fingerprint density at radius 1 is 0.657 bits per heavy atom. The molecule has 7 aliphatic rings. The first-order valence-electron chi connectivity index (χ1n) is 37.7. The summed E-state index contributed by atoms with van der Waals surface area (Å²) in [5.74, 6) is -10.3. The number of alkyl halides is 4. The Balaban J connectivity index is 1.30. The molecule has 4 aliphatic carbocycles. The highest BCUT2D eigenvalue weighted by atomic mass is 35.5. The molecule has 102 heavy (non-hydrogen) atoms. The molecule has 2 bridgehead atoms. The minimum absolute atomic E-state index is 0.00235. The van der Waals surface area contributed by atoms with Crippen LogP contribution >= 0.6 is 11.6 Å². The lowest BCUT2D eigenvalue weighted by molar-refractivity contribution is -0.182. The van der Waals surface area contributed by atoms with E-state index in [0.29, 0.717) is 50.9 Å². The number of nitrogens with zero attached hydrogens (tertiary/aromatic N) is 9. The number of carbonyl (C=O) groups excluding carboxylic acids is 12. The van der Waals surface area contributed by atoms with E-state index in [1.807, 2.05) is 26.8 Å². The summed E-state index contributed by atoms with van der Waals surface area (Å²) in [4.78, 5) is 192. The van der Waals surface area contributed by atoms with Gasteiger partial charge in [0.15, 0.2) is 0 Å². The molecule has 3 unspecified atom stereocenters. The highest BCUT2D eigenvalue weighted by Gasteiger charge is 2.54. The van der Waals surface area contributed by atoms with Crippen molar-refractivity contribution < 1.29 is 70.7 Å². The summed E-state index contributed by atoms with van der Waals surface area (Å²) in [5, 5.41) is 7.63. The van der Waals surface area contributed by atoms with E-state index in [-0.39, 0.29) is 101 Å². The Morgan fingerprint density at radius 3 is 1.89 bits per heavy atom. The van der Waals surface area contributed by atoms with Gasteiger partial charge in [-0.2, -0.15) is 13.2 Å². The van der Waals surface area contributed by atoms with Gasteiger partial charge in [-0.3, -0.25) is 57.5 Å². The van der Waals surface area contributed by atoms with Crippen molar-refractivity contribution in [2.75, 3.05) is 82.6 Å². The number of nitrogens with one attached hydrogen (secondary N) is 3. The molecular weight excluding hydrogens is 1340 g/mol. The predicted octanol–water partition coefficient (Wildman–Crippen LogP) is 6.50. The van der Waals surface area contributed by atoms with E-state index in [2.05, 4.69) is 22.9 Å². The number of hydrogen-bond donors (Lipinski definition) is 3. The Bertz CT molecular complexity index is 3030. The quantitative estimate of drug-likeness (QED) is 0.140. The molecule has 6 fully saturated rings. The van der Waals surface area contributed by atoms with Crippen molar-refractivity contribution in [3.63, 3.8) is 0 Å². The number of hydrogen-bond acceptors (Lipinski definition) is 12. The van der Waals surface area contributed by atoms with Crippen molar-refractivity contribution in [1.29, 1.82) is 0 Å². The van der Waals surface area contributed by atoms with Gasteiger partial charge < -0.3 is 60.0 Å². The van der Waals surface area contributed by atoms with Crippen LogP contribution in [0, 0.1) is 41.4 Å². The molecule has 0 radical (unpaired) electrons. The molecule has 3 N–H and O–H groups in total. The van der Waals surface area contributed by atoms with Crippen molar-refractivity contribution in [3.8, 4) is 0 Å². The molecule has 7 rings (SSSR count). The van der Waals surface area contributed by atoms with Crippen molar-refractivity contribution in [3.05, 3.63) is 12.2 Å². The fourth-order valence-electron chi connectivity index (χ4n) is 16.7. The van der Waals surface area contributed by atoms with Gasteiger partial charge in [0.25, 0.3) is 0 Å². The van der Waals surface area contributed by atoms with E-state index in [9.17, 15) is 41.9 Å². The average molecular weight is 1460 g/mol. The smallest absolute Gasteiger partial charge is 0.347 e. The summed E-state index contributed by atoms with van der Waals surface area (Å²) in [6, 6.07) is -9.76. The molecule has 574 valence electrons. The van der Waals surface area contributed by atoms with Crippen LogP contribution in [0.5, 0.6) is 0 Å². The van der Waals surface area contributed by atoms with Gasteiger partial charge in [0.05, 0.1) is 25.4 Å². The van der Waals surface area contributed by atoms with Crippen LogP contribution in [-0.4, -0.2) is 263 Å². The normalized spacial score (nSPS) is 32.2. The van der Waals surface area contributed by atoms with E-state index < -0.39 is 174 Å². The number of halogens is 4. The summed E-state index contributed by atoms with van der Waals surface area (Å²) in [7, 11) is 11.6. The zero-order valence-corrected chi connectivity index (χ0v) is 63.6. The van der Waals surface area contributed by atoms with Gasteiger partial charge in [0.2, 0.25) is 70.9 Å².